The lowest BCUT2D eigenvalue weighted by atomic mass is 9.97. The molecule has 0 aromatic heterocycles. The van der Waals surface area contributed by atoms with E-state index in [1.807, 2.05) is 0 Å². The van der Waals surface area contributed by atoms with Crippen molar-refractivity contribution in [2.24, 2.45) is 5.92 Å². The van der Waals surface area contributed by atoms with E-state index in [-0.39, 0.29) is 10.9 Å². The minimum atomic E-state index is 0.242. The lowest BCUT2D eigenvalue weighted by Gasteiger charge is -2.23. The largest absolute Gasteiger partial charge is 0.376 e. The Balaban J connectivity index is 2.30. The van der Waals surface area contributed by atoms with Crippen LogP contribution in [-0.2, 0) is 4.74 Å². The predicted octanol–water partition coefficient (Wildman–Crippen LogP) is 5.38. The summed E-state index contributed by atoms with van der Waals surface area (Å²) in [6, 6.07) is 4.32. The van der Waals surface area contributed by atoms with Crippen LogP contribution in [-0.4, -0.2) is 12.7 Å². The van der Waals surface area contributed by atoms with Crippen molar-refractivity contribution >= 4 is 47.8 Å². The van der Waals surface area contributed by atoms with Crippen LogP contribution in [0.15, 0.2) is 21.1 Å². The molecule has 1 aliphatic rings. The van der Waals surface area contributed by atoms with Crippen LogP contribution in [0.25, 0.3) is 0 Å². The molecule has 1 heterocycles. The lowest BCUT2D eigenvalue weighted by molar-refractivity contribution is 0.0933. The van der Waals surface area contributed by atoms with Gasteiger partial charge in [0.2, 0.25) is 0 Å². The van der Waals surface area contributed by atoms with Crippen LogP contribution >= 0.6 is 47.8 Å². The molecule has 3 atom stereocenters. The third kappa shape index (κ3) is 2.96. The highest BCUT2D eigenvalue weighted by Crippen LogP contribution is 2.41. The Bertz CT molecular complexity index is 419. The maximum atomic E-state index is 5.82. The summed E-state index contributed by atoms with van der Waals surface area (Å²) in [5, 5.41) is 0. The predicted molar refractivity (Wildman–Crippen MR) is 81.8 cm³/mol. The first kappa shape index (κ1) is 14.0. The van der Waals surface area contributed by atoms with Gasteiger partial charge >= 0.3 is 0 Å². The van der Waals surface area contributed by atoms with Gasteiger partial charge in [-0.3, -0.25) is 0 Å². The van der Waals surface area contributed by atoms with Gasteiger partial charge in [-0.2, -0.15) is 0 Å². The molecule has 1 nitrogen and oxygen atoms in total. The van der Waals surface area contributed by atoms with E-state index in [1.54, 1.807) is 0 Å². The fourth-order valence-corrected chi connectivity index (χ4v) is 4.57. The molecule has 1 aliphatic heterocycles. The maximum Gasteiger partial charge on any atom is 0.0767 e. The zero-order valence-corrected chi connectivity index (χ0v) is 14.6. The van der Waals surface area contributed by atoms with Crippen LogP contribution in [0, 0.1) is 12.8 Å². The number of aryl methyl sites for hydroxylation is 1. The van der Waals surface area contributed by atoms with Crippen LogP contribution in [0.5, 0.6) is 0 Å². The van der Waals surface area contributed by atoms with Gasteiger partial charge < -0.3 is 4.74 Å². The van der Waals surface area contributed by atoms with Gasteiger partial charge in [0, 0.05) is 15.6 Å². The molecule has 0 aliphatic carbocycles. The topological polar surface area (TPSA) is 9.23 Å². The first-order chi connectivity index (χ1) is 8.00. The number of rotatable bonds is 2. The van der Waals surface area contributed by atoms with E-state index in [1.165, 1.54) is 11.1 Å². The van der Waals surface area contributed by atoms with Crippen molar-refractivity contribution in [3.05, 3.63) is 32.2 Å². The van der Waals surface area contributed by atoms with Crippen molar-refractivity contribution in [1.82, 2.24) is 0 Å². The number of hydrogen-bond acceptors (Lipinski definition) is 1. The average molecular weight is 427 g/mol. The van der Waals surface area contributed by atoms with Crippen molar-refractivity contribution in [2.45, 2.75) is 31.2 Å². The van der Waals surface area contributed by atoms with Crippen molar-refractivity contribution in [3.63, 3.8) is 0 Å². The van der Waals surface area contributed by atoms with E-state index in [2.05, 4.69) is 73.8 Å². The fraction of sp³-hybridized carbons (Fsp3) is 0.538. The molecule has 1 aromatic carbocycles. The molecule has 0 amide bonds. The summed E-state index contributed by atoms with van der Waals surface area (Å²) in [7, 11) is 0. The Morgan fingerprint density at radius 2 is 2.00 bits per heavy atom. The molecule has 2 rings (SSSR count). The zero-order valence-electron chi connectivity index (χ0n) is 9.84. The zero-order chi connectivity index (χ0) is 12.6. The Morgan fingerprint density at radius 3 is 2.59 bits per heavy atom. The normalized spacial score (nSPS) is 26.2. The molecule has 4 heteroatoms. The molecule has 0 bridgehead atoms. The molecule has 1 fully saturated rings. The van der Waals surface area contributed by atoms with Gasteiger partial charge in [0.25, 0.3) is 0 Å². The SMILES string of the molecule is Cc1cc(Br)c(C(Br)C2OCCC2C)cc1Br. The summed E-state index contributed by atoms with van der Waals surface area (Å²) >= 11 is 11.0. The molecule has 17 heavy (non-hydrogen) atoms. The Hall–Kier alpha value is 0.620. The molecule has 0 spiro atoms. The molecule has 0 saturated carbocycles. The summed E-state index contributed by atoms with van der Waals surface area (Å²) in [6.07, 6.45) is 1.41. The van der Waals surface area contributed by atoms with Crippen molar-refractivity contribution in [3.8, 4) is 0 Å². The fourth-order valence-electron chi connectivity index (χ4n) is 2.14. The van der Waals surface area contributed by atoms with E-state index in [4.69, 9.17) is 4.74 Å². The average Bonchev–Trinajstić information content (AvgIpc) is 2.69. The molecule has 1 aromatic rings. The third-order valence-corrected chi connectivity index (χ3v) is 5.86. The second-order valence-electron chi connectivity index (χ2n) is 4.63. The number of ether oxygens (including phenoxy) is 1. The Morgan fingerprint density at radius 1 is 1.29 bits per heavy atom. The van der Waals surface area contributed by atoms with Gasteiger partial charge in [-0.1, -0.05) is 54.7 Å². The number of alkyl halides is 1. The maximum absolute atomic E-state index is 5.82. The van der Waals surface area contributed by atoms with E-state index >= 15 is 0 Å². The first-order valence-corrected chi connectivity index (χ1v) is 8.22. The minimum Gasteiger partial charge on any atom is -0.376 e. The summed E-state index contributed by atoms with van der Waals surface area (Å²) in [5.41, 5.74) is 2.49. The van der Waals surface area contributed by atoms with Crippen LogP contribution in [0.1, 0.15) is 29.3 Å². The molecular weight excluding hydrogens is 412 g/mol. The van der Waals surface area contributed by atoms with Crippen LogP contribution in [0.4, 0.5) is 0 Å². The molecule has 0 N–H and O–H groups in total. The second kappa shape index (κ2) is 5.72. The van der Waals surface area contributed by atoms with E-state index in [0.717, 1.165) is 22.0 Å². The van der Waals surface area contributed by atoms with E-state index in [0.29, 0.717) is 5.92 Å². The quantitative estimate of drug-likeness (QED) is 0.577. The smallest absolute Gasteiger partial charge is 0.0767 e. The highest BCUT2D eigenvalue weighted by Gasteiger charge is 2.32. The number of hydrogen-bond donors (Lipinski definition) is 0. The highest BCUT2D eigenvalue weighted by molar-refractivity contribution is 9.11. The molecule has 0 radical (unpaired) electrons. The van der Waals surface area contributed by atoms with Gasteiger partial charge in [-0.15, -0.1) is 0 Å². The summed E-state index contributed by atoms with van der Waals surface area (Å²) in [5.74, 6) is 0.603. The van der Waals surface area contributed by atoms with Crippen LogP contribution < -0.4 is 0 Å². The van der Waals surface area contributed by atoms with Gasteiger partial charge in [-0.05, 0) is 42.5 Å². The van der Waals surface area contributed by atoms with Gasteiger partial charge in [0.15, 0.2) is 0 Å². The highest BCUT2D eigenvalue weighted by atomic mass is 79.9. The van der Waals surface area contributed by atoms with Crippen LogP contribution in [0.3, 0.4) is 0 Å². The third-order valence-electron chi connectivity index (χ3n) is 3.31. The number of benzene rings is 1. The molecule has 3 unspecified atom stereocenters. The van der Waals surface area contributed by atoms with E-state index in [9.17, 15) is 0 Å². The summed E-state index contributed by atoms with van der Waals surface area (Å²) < 4.78 is 8.11. The van der Waals surface area contributed by atoms with Crippen molar-refractivity contribution < 1.29 is 4.74 Å². The first-order valence-electron chi connectivity index (χ1n) is 5.72. The number of halogens is 3. The Kier molecular flexibility index (Phi) is 4.73. The Labute approximate surface area is 128 Å². The molecule has 1 saturated heterocycles. The van der Waals surface area contributed by atoms with Gasteiger partial charge in [0.1, 0.15) is 0 Å². The van der Waals surface area contributed by atoms with Crippen LogP contribution in [0.2, 0.25) is 0 Å². The monoisotopic (exact) mass is 424 g/mol. The van der Waals surface area contributed by atoms with Gasteiger partial charge in [-0.25, -0.2) is 0 Å². The minimum absolute atomic E-state index is 0.242. The molecular formula is C13H15Br3O. The van der Waals surface area contributed by atoms with Gasteiger partial charge in [0.05, 0.1) is 10.9 Å². The lowest BCUT2D eigenvalue weighted by Crippen LogP contribution is -2.19. The summed E-state index contributed by atoms with van der Waals surface area (Å²) in [6.45, 7) is 5.22. The molecule has 94 valence electrons. The van der Waals surface area contributed by atoms with Crippen molar-refractivity contribution in [2.75, 3.05) is 6.61 Å². The van der Waals surface area contributed by atoms with Crippen molar-refractivity contribution in [1.29, 1.82) is 0 Å². The standard InChI is InChI=1S/C13H15Br3O/c1-7-3-4-17-13(7)12(16)9-6-10(14)8(2)5-11(9)15/h5-7,12-13H,3-4H2,1-2H3. The van der Waals surface area contributed by atoms with E-state index < -0.39 is 0 Å². The second-order valence-corrected chi connectivity index (χ2v) is 7.32. The summed E-state index contributed by atoms with van der Waals surface area (Å²) in [4.78, 5) is 0.242.